The molecule has 132 valence electrons. The number of methoxy groups -OCH3 is 1. The summed E-state index contributed by atoms with van der Waals surface area (Å²) in [6, 6.07) is 16.2. The molecule has 0 fully saturated rings. The smallest absolute Gasteiger partial charge is 0.257 e. The number of nitrogens with zero attached hydrogens (tertiary/aromatic N) is 1. The number of fused-ring (bicyclic) bond motifs is 1. The maximum Gasteiger partial charge on any atom is 0.257 e. The van der Waals surface area contributed by atoms with Gasteiger partial charge in [0, 0.05) is 19.3 Å². The number of rotatable bonds is 4. The Morgan fingerprint density at radius 1 is 1.08 bits per heavy atom. The number of para-hydroxylation sites is 1. The van der Waals surface area contributed by atoms with Crippen LogP contribution in [0.25, 0.3) is 0 Å². The minimum absolute atomic E-state index is 0.0382. The Labute approximate surface area is 149 Å². The standard InChI is InChI=1S/C21H26N2O2/c1-21(2,3)16-11-9-15(10-12-16)19-22-18-8-6-5-7-17(18)20(24)23(19)13-14-25-4/h5-12,19,22H,13-14H2,1-4H3/t19-/m1/s1. The van der Waals surface area contributed by atoms with Gasteiger partial charge < -0.3 is 15.0 Å². The first kappa shape index (κ1) is 17.5. The van der Waals surface area contributed by atoms with Crippen molar-refractivity contribution in [1.82, 2.24) is 4.90 Å². The molecule has 1 heterocycles. The van der Waals surface area contributed by atoms with Crippen molar-refractivity contribution in [1.29, 1.82) is 0 Å². The highest BCUT2D eigenvalue weighted by Gasteiger charge is 2.32. The maximum absolute atomic E-state index is 13.0. The van der Waals surface area contributed by atoms with Gasteiger partial charge in [0.25, 0.3) is 5.91 Å². The van der Waals surface area contributed by atoms with Crippen LogP contribution >= 0.6 is 0 Å². The molecule has 0 saturated heterocycles. The summed E-state index contributed by atoms with van der Waals surface area (Å²) in [6.07, 6.45) is -0.188. The van der Waals surface area contributed by atoms with E-state index in [0.717, 1.165) is 11.3 Å². The van der Waals surface area contributed by atoms with Gasteiger partial charge in [-0.2, -0.15) is 0 Å². The molecule has 4 heteroatoms. The largest absolute Gasteiger partial charge is 0.383 e. The summed E-state index contributed by atoms with van der Waals surface area (Å²) >= 11 is 0. The van der Waals surface area contributed by atoms with Crippen LogP contribution in [-0.2, 0) is 10.2 Å². The maximum atomic E-state index is 13.0. The molecule has 1 aliphatic heterocycles. The first-order chi connectivity index (χ1) is 11.9. The number of benzene rings is 2. The normalized spacial score (nSPS) is 17.2. The summed E-state index contributed by atoms with van der Waals surface area (Å²) in [5.41, 5.74) is 4.05. The average Bonchev–Trinajstić information content (AvgIpc) is 2.60. The van der Waals surface area contributed by atoms with Gasteiger partial charge in [-0.1, -0.05) is 57.2 Å². The van der Waals surface area contributed by atoms with E-state index in [4.69, 9.17) is 4.74 Å². The molecule has 0 aliphatic carbocycles. The molecule has 0 aromatic heterocycles. The summed E-state index contributed by atoms with van der Waals surface area (Å²) < 4.78 is 5.21. The summed E-state index contributed by atoms with van der Waals surface area (Å²) in [4.78, 5) is 14.8. The van der Waals surface area contributed by atoms with Gasteiger partial charge >= 0.3 is 0 Å². The average molecular weight is 338 g/mol. The topological polar surface area (TPSA) is 41.6 Å². The van der Waals surface area contributed by atoms with Gasteiger partial charge in [0.2, 0.25) is 0 Å². The summed E-state index contributed by atoms with van der Waals surface area (Å²) in [6.45, 7) is 7.65. The van der Waals surface area contributed by atoms with Crippen LogP contribution in [0.3, 0.4) is 0 Å². The van der Waals surface area contributed by atoms with E-state index in [2.05, 4.69) is 50.4 Å². The van der Waals surface area contributed by atoms with E-state index in [0.29, 0.717) is 18.7 Å². The van der Waals surface area contributed by atoms with Crippen molar-refractivity contribution in [2.45, 2.75) is 32.4 Å². The molecule has 1 atom stereocenters. The van der Waals surface area contributed by atoms with Crippen LogP contribution in [0.1, 0.15) is 48.4 Å². The second-order valence-electron chi connectivity index (χ2n) is 7.46. The summed E-state index contributed by atoms with van der Waals surface area (Å²) in [5, 5.41) is 3.51. The van der Waals surface area contributed by atoms with E-state index in [-0.39, 0.29) is 17.5 Å². The van der Waals surface area contributed by atoms with Crippen molar-refractivity contribution >= 4 is 11.6 Å². The van der Waals surface area contributed by atoms with Crippen LogP contribution < -0.4 is 5.32 Å². The SMILES string of the molecule is COCCN1C(=O)c2ccccc2N[C@H]1c1ccc(C(C)(C)C)cc1. The van der Waals surface area contributed by atoms with Crippen LogP contribution in [0.15, 0.2) is 48.5 Å². The number of carbonyl (C=O) groups is 1. The highest BCUT2D eigenvalue weighted by atomic mass is 16.5. The van der Waals surface area contributed by atoms with Gasteiger partial charge in [-0.3, -0.25) is 4.79 Å². The minimum Gasteiger partial charge on any atom is -0.383 e. The Hall–Kier alpha value is -2.33. The third kappa shape index (κ3) is 3.54. The van der Waals surface area contributed by atoms with Crippen molar-refractivity contribution in [3.8, 4) is 0 Å². The van der Waals surface area contributed by atoms with Crippen molar-refractivity contribution < 1.29 is 9.53 Å². The molecule has 1 amide bonds. The Kier molecular flexibility index (Phi) is 4.82. The Morgan fingerprint density at radius 2 is 1.76 bits per heavy atom. The van der Waals surface area contributed by atoms with E-state index in [1.54, 1.807) is 7.11 Å². The molecular weight excluding hydrogens is 312 g/mol. The van der Waals surface area contributed by atoms with Crippen molar-refractivity contribution in [3.05, 3.63) is 65.2 Å². The molecule has 25 heavy (non-hydrogen) atoms. The van der Waals surface area contributed by atoms with E-state index in [9.17, 15) is 4.79 Å². The number of nitrogens with one attached hydrogen (secondary N) is 1. The zero-order valence-electron chi connectivity index (χ0n) is 15.4. The first-order valence-electron chi connectivity index (χ1n) is 8.68. The number of carbonyl (C=O) groups excluding carboxylic acids is 1. The lowest BCUT2D eigenvalue weighted by Gasteiger charge is -2.38. The molecule has 0 saturated carbocycles. The fourth-order valence-electron chi connectivity index (χ4n) is 3.14. The van der Waals surface area contributed by atoms with Crippen LogP contribution in [0.5, 0.6) is 0 Å². The van der Waals surface area contributed by atoms with Crippen LogP contribution in [0.2, 0.25) is 0 Å². The third-order valence-corrected chi connectivity index (χ3v) is 4.65. The number of ether oxygens (including phenoxy) is 1. The molecule has 0 radical (unpaired) electrons. The second-order valence-corrected chi connectivity index (χ2v) is 7.46. The van der Waals surface area contributed by atoms with Crippen LogP contribution in [0.4, 0.5) is 5.69 Å². The fourth-order valence-corrected chi connectivity index (χ4v) is 3.14. The van der Waals surface area contributed by atoms with E-state index in [1.165, 1.54) is 5.56 Å². The Bertz CT molecular complexity index is 747. The zero-order chi connectivity index (χ0) is 18.0. The van der Waals surface area contributed by atoms with Gasteiger partial charge in [0.1, 0.15) is 6.17 Å². The predicted molar refractivity (Wildman–Crippen MR) is 101 cm³/mol. The van der Waals surface area contributed by atoms with E-state index in [1.807, 2.05) is 29.2 Å². The fraction of sp³-hybridized carbons (Fsp3) is 0.381. The van der Waals surface area contributed by atoms with Crippen molar-refractivity contribution in [3.63, 3.8) is 0 Å². The number of hydrogen-bond acceptors (Lipinski definition) is 3. The van der Waals surface area contributed by atoms with Gasteiger partial charge in [0.05, 0.1) is 12.2 Å². The summed E-state index contributed by atoms with van der Waals surface area (Å²) in [5.74, 6) is 0.0382. The highest BCUT2D eigenvalue weighted by Crippen LogP contribution is 2.33. The molecule has 3 rings (SSSR count). The van der Waals surface area contributed by atoms with E-state index >= 15 is 0 Å². The number of amides is 1. The first-order valence-corrected chi connectivity index (χ1v) is 8.68. The van der Waals surface area contributed by atoms with Gasteiger partial charge in [-0.25, -0.2) is 0 Å². The molecule has 2 aromatic rings. The molecule has 2 aromatic carbocycles. The third-order valence-electron chi connectivity index (χ3n) is 4.65. The highest BCUT2D eigenvalue weighted by molar-refractivity contribution is 6.01. The van der Waals surface area contributed by atoms with Crippen LogP contribution in [-0.4, -0.2) is 31.1 Å². The molecule has 1 N–H and O–H groups in total. The van der Waals surface area contributed by atoms with Gasteiger partial charge in [0.15, 0.2) is 0 Å². The lowest BCUT2D eigenvalue weighted by Crippen LogP contribution is -2.44. The minimum atomic E-state index is -0.188. The van der Waals surface area contributed by atoms with E-state index < -0.39 is 0 Å². The van der Waals surface area contributed by atoms with Gasteiger partial charge in [-0.15, -0.1) is 0 Å². The number of hydrogen-bond donors (Lipinski definition) is 1. The van der Waals surface area contributed by atoms with Crippen molar-refractivity contribution in [2.24, 2.45) is 0 Å². The quantitative estimate of drug-likeness (QED) is 0.908. The predicted octanol–water partition coefficient (Wildman–Crippen LogP) is 4.20. The molecule has 0 spiro atoms. The number of anilines is 1. The molecule has 1 aliphatic rings. The molecule has 0 bridgehead atoms. The Balaban J connectivity index is 1.96. The molecule has 4 nitrogen and oxygen atoms in total. The zero-order valence-corrected chi connectivity index (χ0v) is 15.4. The lowest BCUT2D eigenvalue weighted by atomic mass is 9.86. The van der Waals surface area contributed by atoms with Crippen molar-refractivity contribution in [2.75, 3.05) is 25.6 Å². The van der Waals surface area contributed by atoms with Gasteiger partial charge in [-0.05, 0) is 28.7 Å². The van der Waals surface area contributed by atoms with Crippen LogP contribution in [0, 0.1) is 0 Å². The Morgan fingerprint density at radius 3 is 2.40 bits per heavy atom. The summed E-state index contributed by atoms with van der Waals surface area (Å²) in [7, 11) is 1.66. The second kappa shape index (κ2) is 6.89. The monoisotopic (exact) mass is 338 g/mol. The molecular formula is C21H26N2O2. The molecule has 0 unspecified atom stereocenters. The lowest BCUT2D eigenvalue weighted by molar-refractivity contribution is 0.0609.